The van der Waals surface area contributed by atoms with E-state index in [1.165, 1.54) is 6.07 Å². The summed E-state index contributed by atoms with van der Waals surface area (Å²) in [7, 11) is 1.91. The normalized spacial score (nSPS) is 17.4. The largest absolute Gasteiger partial charge is 0.454 e. The highest BCUT2D eigenvalue weighted by atomic mass is 19.4. The Labute approximate surface area is 143 Å². The quantitative estimate of drug-likeness (QED) is 0.776. The van der Waals surface area contributed by atoms with Gasteiger partial charge in [-0.05, 0) is 42.9 Å². The summed E-state index contributed by atoms with van der Waals surface area (Å²) >= 11 is 0. The van der Waals surface area contributed by atoms with Crippen molar-refractivity contribution in [2.75, 3.05) is 31.8 Å². The van der Waals surface area contributed by atoms with Gasteiger partial charge in [-0.3, -0.25) is 0 Å². The van der Waals surface area contributed by atoms with Crippen LogP contribution in [0.15, 0.2) is 36.4 Å². The summed E-state index contributed by atoms with van der Waals surface area (Å²) in [6.07, 6.45) is -4.34. The molecule has 0 saturated carbocycles. The summed E-state index contributed by atoms with van der Waals surface area (Å²) in [5.41, 5.74) is 1.71. The molecule has 0 unspecified atom stereocenters. The van der Waals surface area contributed by atoms with Crippen LogP contribution in [0.5, 0.6) is 11.5 Å². The third-order valence-corrected chi connectivity index (χ3v) is 4.51. The molecule has 0 aromatic heterocycles. The maximum Gasteiger partial charge on any atom is 0.416 e. The van der Waals surface area contributed by atoms with Crippen molar-refractivity contribution in [3.63, 3.8) is 0 Å². The van der Waals surface area contributed by atoms with E-state index in [9.17, 15) is 13.2 Å². The van der Waals surface area contributed by atoms with Gasteiger partial charge in [0, 0.05) is 37.1 Å². The average molecular weight is 350 g/mol. The maximum atomic E-state index is 13.1. The molecule has 4 nitrogen and oxygen atoms in total. The predicted octanol–water partition coefficient (Wildman–Crippen LogP) is 4.02. The number of hydrogen-bond donors (Lipinski definition) is 0. The van der Waals surface area contributed by atoms with Crippen molar-refractivity contribution in [2.24, 2.45) is 0 Å². The second-order valence-corrected chi connectivity index (χ2v) is 6.27. The van der Waals surface area contributed by atoms with Gasteiger partial charge < -0.3 is 19.3 Å². The van der Waals surface area contributed by atoms with Crippen LogP contribution < -0.4 is 14.4 Å². The standard InChI is InChI=1S/C18H17F3N2O2/c1-22-6-7-23(14-3-5-16-17(9-14)25-11-24-16)15-4-2-13(18(19,20)21)8-12(15)10-22/h2-5,8-9H,6-7,10-11H2,1H3. The SMILES string of the molecule is CN1CCN(c2ccc3c(c2)OCO3)c2ccc(C(F)(F)F)cc2C1. The number of halogens is 3. The monoisotopic (exact) mass is 350 g/mol. The average Bonchev–Trinajstić information content (AvgIpc) is 2.96. The van der Waals surface area contributed by atoms with E-state index in [1.54, 1.807) is 6.07 Å². The van der Waals surface area contributed by atoms with E-state index in [0.29, 0.717) is 30.2 Å². The Kier molecular flexibility index (Phi) is 3.76. The van der Waals surface area contributed by atoms with Gasteiger partial charge in [0.1, 0.15) is 0 Å². The van der Waals surface area contributed by atoms with Crippen molar-refractivity contribution in [1.29, 1.82) is 0 Å². The summed E-state index contributed by atoms with van der Waals surface area (Å²) in [6, 6.07) is 9.55. The van der Waals surface area contributed by atoms with Crippen LogP contribution in [-0.2, 0) is 12.7 Å². The van der Waals surface area contributed by atoms with Gasteiger partial charge in [0.2, 0.25) is 6.79 Å². The minimum absolute atomic E-state index is 0.188. The number of benzene rings is 2. The summed E-state index contributed by atoms with van der Waals surface area (Å²) in [6.45, 7) is 2.08. The molecule has 0 saturated heterocycles. The minimum Gasteiger partial charge on any atom is -0.454 e. The Morgan fingerprint density at radius 2 is 1.76 bits per heavy atom. The molecule has 2 aromatic rings. The first-order valence-corrected chi connectivity index (χ1v) is 7.98. The molecule has 0 fully saturated rings. The van der Waals surface area contributed by atoms with E-state index >= 15 is 0 Å². The fourth-order valence-corrected chi connectivity index (χ4v) is 3.23. The smallest absolute Gasteiger partial charge is 0.416 e. The van der Waals surface area contributed by atoms with Crippen LogP contribution in [0.25, 0.3) is 0 Å². The number of hydrogen-bond acceptors (Lipinski definition) is 4. The third-order valence-electron chi connectivity index (χ3n) is 4.51. The van der Waals surface area contributed by atoms with Crippen molar-refractivity contribution in [3.8, 4) is 11.5 Å². The van der Waals surface area contributed by atoms with E-state index in [-0.39, 0.29) is 6.79 Å². The number of likely N-dealkylation sites (N-methyl/N-ethyl adjacent to an activating group) is 1. The molecule has 132 valence electrons. The van der Waals surface area contributed by atoms with Gasteiger partial charge >= 0.3 is 6.18 Å². The molecule has 2 aliphatic heterocycles. The second kappa shape index (κ2) is 5.84. The van der Waals surface area contributed by atoms with Crippen LogP contribution >= 0.6 is 0 Å². The maximum absolute atomic E-state index is 13.1. The minimum atomic E-state index is -4.34. The summed E-state index contributed by atoms with van der Waals surface area (Å²) in [5, 5.41) is 0. The fourth-order valence-electron chi connectivity index (χ4n) is 3.23. The van der Waals surface area contributed by atoms with E-state index < -0.39 is 11.7 Å². The highest BCUT2D eigenvalue weighted by Gasteiger charge is 2.32. The summed E-state index contributed by atoms with van der Waals surface area (Å²) < 4.78 is 50.0. The molecule has 2 aromatic carbocycles. The van der Waals surface area contributed by atoms with Gasteiger partial charge in [-0.15, -0.1) is 0 Å². The summed E-state index contributed by atoms with van der Waals surface area (Å²) in [5.74, 6) is 1.34. The lowest BCUT2D eigenvalue weighted by Crippen LogP contribution is -2.26. The van der Waals surface area contributed by atoms with E-state index in [4.69, 9.17) is 9.47 Å². The van der Waals surface area contributed by atoms with Crippen LogP contribution in [0.2, 0.25) is 0 Å². The molecule has 0 radical (unpaired) electrons. The number of nitrogens with zero attached hydrogens (tertiary/aromatic N) is 2. The molecule has 4 rings (SSSR count). The number of anilines is 2. The Hall–Kier alpha value is -2.41. The van der Waals surface area contributed by atoms with Crippen molar-refractivity contribution in [3.05, 3.63) is 47.5 Å². The first kappa shape index (κ1) is 16.1. The third kappa shape index (κ3) is 3.00. The van der Waals surface area contributed by atoms with Crippen molar-refractivity contribution < 1.29 is 22.6 Å². The van der Waals surface area contributed by atoms with Crippen LogP contribution in [0.4, 0.5) is 24.5 Å². The molecule has 0 aliphatic carbocycles. The second-order valence-electron chi connectivity index (χ2n) is 6.27. The Morgan fingerprint density at radius 3 is 2.56 bits per heavy atom. The molecule has 2 aliphatic rings. The van der Waals surface area contributed by atoms with Gasteiger partial charge in [0.25, 0.3) is 0 Å². The predicted molar refractivity (Wildman–Crippen MR) is 87.3 cm³/mol. The molecule has 7 heteroatoms. The Balaban J connectivity index is 1.77. The van der Waals surface area contributed by atoms with Crippen LogP contribution in [0.3, 0.4) is 0 Å². The molecule has 0 spiro atoms. The van der Waals surface area contributed by atoms with Crippen LogP contribution in [-0.4, -0.2) is 31.8 Å². The highest BCUT2D eigenvalue weighted by Crippen LogP contribution is 2.40. The lowest BCUT2D eigenvalue weighted by Gasteiger charge is -2.25. The van der Waals surface area contributed by atoms with E-state index in [2.05, 4.69) is 0 Å². The van der Waals surface area contributed by atoms with Gasteiger partial charge in [0.15, 0.2) is 11.5 Å². The molecule has 0 amide bonds. The highest BCUT2D eigenvalue weighted by molar-refractivity contribution is 5.70. The van der Waals surface area contributed by atoms with Crippen molar-refractivity contribution in [2.45, 2.75) is 12.7 Å². The molecule has 2 heterocycles. The zero-order valence-corrected chi connectivity index (χ0v) is 13.6. The van der Waals surface area contributed by atoms with Crippen LogP contribution in [0, 0.1) is 0 Å². The molecule has 0 N–H and O–H groups in total. The van der Waals surface area contributed by atoms with Crippen molar-refractivity contribution in [1.82, 2.24) is 4.90 Å². The van der Waals surface area contributed by atoms with E-state index in [1.807, 2.05) is 35.0 Å². The van der Waals surface area contributed by atoms with Gasteiger partial charge in [0.05, 0.1) is 5.56 Å². The van der Waals surface area contributed by atoms with Gasteiger partial charge in [-0.25, -0.2) is 0 Å². The number of rotatable bonds is 1. The zero-order chi connectivity index (χ0) is 17.6. The molecule has 0 atom stereocenters. The topological polar surface area (TPSA) is 24.9 Å². The lowest BCUT2D eigenvalue weighted by atomic mass is 10.1. The summed E-state index contributed by atoms with van der Waals surface area (Å²) in [4.78, 5) is 4.05. The Morgan fingerprint density at radius 1 is 0.960 bits per heavy atom. The Bertz CT molecular complexity index is 807. The van der Waals surface area contributed by atoms with Gasteiger partial charge in [-0.1, -0.05) is 0 Å². The first-order chi connectivity index (χ1) is 11.9. The van der Waals surface area contributed by atoms with Gasteiger partial charge in [-0.2, -0.15) is 13.2 Å². The van der Waals surface area contributed by atoms with Crippen molar-refractivity contribution >= 4 is 11.4 Å². The number of fused-ring (bicyclic) bond motifs is 2. The molecule has 25 heavy (non-hydrogen) atoms. The fraction of sp³-hybridized carbons (Fsp3) is 0.333. The molecule has 0 bridgehead atoms. The lowest BCUT2D eigenvalue weighted by molar-refractivity contribution is -0.137. The number of ether oxygens (including phenoxy) is 2. The van der Waals surface area contributed by atoms with E-state index in [0.717, 1.165) is 24.0 Å². The first-order valence-electron chi connectivity index (χ1n) is 7.98. The molecular formula is C18H17F3N2O2. The number of alkyl halides is 3. The zero-order valence-electron chi connectivity index (χ0n) is 13.6. The van der Waals surface area contributed by atoms with Crippen LogP contribution in [0.1, 0.15) is 11.1 Å². The molecular weight excluding hydrogens is 333 g/mol.